The maximum Gasteiger partial charge on any atom is 0.144 e. The van der Waals surface area contributed by atoms with Gasteiger partial charge in [-0.1, -0.05) is 13.8 Å². The van der Waals surface area contributed by atoms with Gasteiger partial charge in [0.2, 0.25) is 0 Å². The molecular formula is C15H25N3O. The first-order valence-electron chi connectivity index (χ1n) is 7.06. The molecule has 0 bridgehead atoms. The molecule has 0 aliphatic heterocycles. The van der Waals surface area contributed by atoms with Gasteiger partial charge in [0.1, 0.15) is 5.82 Å². The highest BCUT2D eigenvalue weighted by atomic mass is 16.3. The molecule has 0 unspecified atom stereocenters. The SMILES string of the molecule is Cc1ncc(NCC2(O)CCC(C)(C)CC2)nc1C. The van der Waals surface area contributed by atoms with Gasteiger partial charge >= 0.3 is 0 Å². The number of nitrogens with zero attached hydrogens (tertiary/aromatic N) is 2. The molecule has 106 valence electrons. The Labute approximate surface area is 115 Å². The van der Waals surface area contributed by atoms with E-state index >= 15 is 0 Å². The molecule has 0 amide bonds. The van der Waals surface area contributed by atoms with Gasteiger partial charge in [-0.25, -0.2) is 4.98 Å². The van der Waals surface area contributed by atoms with Crippen LogP contribution >= 0.6 is 0 Å². The number of aliphatic hydroxyl groups is 1. The van der Waals surface area contributed by atoms with Crippen molar-refractivity contribution in [1.29, 1.82) is 0 Å². The Bertz CT molecular complexity index is 447. The van der Waals surface area contributed by atoms with E-state index in [-0.39, 0.29) is 0 Å². The van der Waals surface area contributed by atoms with Gasteiger partial charge in [-0.2, -0.15) is 0 Å². The fourth-order valence-corrected chi connectivity index (χ4v) is 2.45. The molecule has 0 spiro atoms. The zero-order chi connectivity index (χ0) is 14.1. The zero-order valence-corrected chi connectivity index (χ0v) is 12.5. The summed E-state index contributed by atoms with van der Waals surface area (Å²) in [5.74, 6) is 0.751. The molecule has 19 heavy (non-hydrogen) atoms. The summed E-state index contributed by atoms with van der Waals surface area (Å²) in [6.45, 7) is 9.00. The molecule has 1 saturated carbocycles. The molecule has 1 aliphatic rings. The first-order valence-corrected chi connectivity index (χ1v) is 7.06. The lowest BCUT2D eigenvalue weighted by Crippen LogP contribution is -2.42. The summed E-state index contributed by atoms with van der Waals surface area (Å²) >= 11 is 0. The van der Waals surface area contributed by atoms with Crippen LogP contribution in [0.3, 0.4) is 0 Å². The van der Waals surface area contributed by atoms with Gasteiger partial charge < -0.3 is 10.4 Å². The van der Waals surface area contributed by atoms with Crippen molar-refractivity contribution in [2.75, 3.05) is 11.9 Å². The second kappa shape index (κ2) is 5.08. The molecule has 4 nitrogen and oxygen atoms in total. The summed E-state index contributed by atoms with van der Waals surface area (Å²) in [4.78, 5) is 8.71. The smallest absolute Gasteiger partial charge is 0.144 e. The first kappa shape index (κ1) is 14.3. The summed E-state index contributed by atoms with van der Waals surface area (Å²) in [6.07, 6.45) is 5.59. The van der Waals surface area contributed by atoms with Crippen LogP contribution in [-0.4, -0.2) is 27.2 Å². The van der Waals surface area contributed by atoms with Crippen molar-refractivity contribution in [3.05, 3.63) is 17.6 Å². The molecule has 1 aromatic heterocycles. The summed E-state index contributed by atoms with van der Waals surface area (Å²) in [7, 11) is 0. The highest BCUT2D eigenvalue weighted by Gasteiger charge is 2.36. The van der Waals surface area contributed by atoms with Gasteiger partial charge in [-0.05, 0) is 44.9 Å². The number of rotatable bonds is 3. The number of aromatic nitrogens is 2. The lowest BCUT2D eigenvalue weighted by molar-refractivity contribution is -0.0145. The lowest BCUT2D eigenvalue weighted by Gasteiger charge is -2.40. The van der Waals surface area contributed by atoms with E-state index in [2.05, 4.69) is 29.1 Å². The van der Waals surface area contributed by atoms with Gasteiger partial charge in [0.15, 0.2) is 0 Å². The van der Waals surface area contributed by atoms with Crippen LogP contribution in [0.2, 0.25) is 0 Å². The maximum absolute atomic E-state index is 10.6. The van der Waals surface area contributed by atoms with E-state index in [1.54, 1.807) is 6.20 Å². The summed E-state index contributed by atoms with van der Waals surface area (Å²) in [5.41, 5.74) is 1.65. The van der Waals surface area contributed by atoms with Crippen molar-refractivity contribution in [3.8, 4) is 0 Å². The number of anilines is 1. The second-order valence-electron chi connectivity index (χ2n) is 6.67. The molecule has 0 atom stereocenters. The highest BCUT2D eigenvalue weighted by molar-refractivity contribution is 5.33. The summed E-state index contributed by atoms with van der Waals surface area (Å²) in [5, 5.41) is 13.8. The average molecular weight is 263 g/mol. The normalized spacial score (nSPS) is 21.1. The van der Waals surface area contributed by atoms with E-state index in [1.807, 2.05) is 13.8 Å². The van der Waals surface area contributed by atoms with E-state index in [1.165, 1.54) is 0 Å². The van der Waals surface area contributed by atoms with Crippen LogP contribution in [0.5, 0.6) is 0 Å². The third kappa shape index (κ3) is 3.66. The van der Waals surface area contributed by atoms with Gasteiger partial charge in [0.25, 0.3) is 0 Å². The van der Waals surface area contributed by atoms with Gasteiger partial charge in [0.05, 0.1) is 23.2 Å². The summed E-state index contributed by atoms with van der Waals surface area (Å²) < 4.78 is 0. The Balaban J connectivity index is 1.93. The minimum atomic E-state index is -0.601. The molecule has 0 aromatic carbocycles. The van der Waals surface area contributed by atoms with E-state index < -0.39 is 5.60 Å². The predicted molar refractivity (Wildman–Crippen MR) is 77.2 cm³/mol. The van der Waals surface area contributed by atoms with Crippen molar-refractivity contribution in [2.24, 2.45) is 5.41 Å². The molecule has 0 saturated heterocycles. The standard InChI is InChI=1S/C15H25N3O/c1-11-12(2)18-13(9-16-11)17-10-15(19)7-5-14(3,4)6-8-15/h9,19H,5-8,10H2,1-4H3,(H,17,18). The van der Waals surface area contributed by atoms with Crippen molar-refractivity contribution in [1.82, 2.24) is 9.97 Å². The third-order valence-corrected chi connectivity index (χ3v) is 4.33. The molecule has 4 heteroatoms. The molecule has 2 rings (SSSR count). The Morgan fingerprint density at radius 2 is 1.79 bits per heavy atom. The minimum absolute atomic E-state index is 0.368. The van der Waals surface area contributed by atoms with Crippen LogP contribution < -0.4 is 5.32 Å². The van der Waals surface area contributed by atoms with E-state index in [9.17, 15) is 5.11 Å². The van der Waals surface area contributed by atoms with Crippen molar-refractivity contribution in [2.45, 2.75) is 59.0 Å². The molecular weight excluding hydrogens is 238 g/mol. The van der Waals surface area contributed by atoms with Gasteiger partial charge in [-0.15, -0.1) is 0 Å². The quantitative estimate of drug-likeness (QED) is 0.880. The monoisotopic (exact) mass is 263 g/mol. The Morgan fingerprint density at radius 3 is 2.37 bits per heavy atom. The first-order chi connectivity index (χ1) is 8.80. The molecule has 1 aliphatic carbocycles. The molecule has 1 heterocycles. The average Bonchev–Trinajstić information content (AvgIpc) is 2.36. The molecule has 2 N–H and O–H groups in total. The van der Waals surface area contributed by atoms with Gasteiger partial charge in [-0.3, -0.25) is 4.98 Å². The topological polar surface area (TPSA) is 58.0 Å². The predicted octanol–water partition coefficient (Wildman–Crippen LogP) is 2.84. The number of nitrogens with one attached hydrogen (secondary N) is 1. The van der Waals surface area contributed by atoms with Crippen LogP contribution in [0.25, 0.3) is 0 Å². The Kier molecular flexibility index (Phi) is 3.81. The van der Waals surface area contributed by atoms with Crippen molar-refractivity contribution >= 4 is 5.82 Å². The maximum atomic E-state index is 10.6. The second-order valence-corrected chi connectivity index (χ2v) is 6.67. The van der Waals surface area contributed by atoms with Crippen LogP contribution in [0.15, 0.2) is 6.20 Å². The lowest BCUT2D eigenvalue weighted by atomic mass is 9.71. The van der Waals surface area contributed by atoms with Crippen LogP contribution in [0, 0.1) is 19.3 Å². The minimum Gasteiger partial charge on any atom is -0.388 e. The molecule has 0 radical (unpaired) electrons. The fourth-order valence-electron chi connectivity index (χ4n) is 2.45. The zero-order valence-electron chi connectivity index (χ0n) is 12.5. The summed E-state index contributed by atoms with van der Waals surface area (Å²) in [6, 6.07) is 0. The Morgan fingerprint density at radius 1 is 1.16 bits per heavy atom. The van der Waals surface area contributed by atoms with Crippen molar-refractivity contribution < 1.29 is 5.11 Å². The molecule has 1 fully saturated rings. The van der Waals surface area contributed by atoms with E-state index in [4.69, 9.17) is 0 Å². The van der Waals surface area contributed by atoms with Crippen LogP contribution in [0.4, 0.5) is 5.82 Å². The van der Waals surface area contributed by atoms with Crippen LogP contribution in [-0.2, 0) is 0 Å². The Hall–Kier alpha value is -1.16. The van der Waals surface area contributed by atoms with Crippen LogP contribution in [0.1, 0.15) is 50.9 Å². The molecule has 1 aromatic rings. The number of hydrogen-bond donors (Lipinski definition) is 2. The van der Waals surface area contributed by atoms with E-state index in [0.717, 1.165) is 42.9 Å². The highest BCUT2D eigenvalue weighted by Crippen LogP contribution is 2.40. The third-order valence-electron chi connectivity index (χ3n) is 4.33. The number of aryl methyl sites for hydroxylation is 2. The van der Waals surface area contributed by atoms with Gasteiger partial charge in [0, 0.05) is 6.54 Å². The van der Waals surface area contributed by atoms with Crippen molar-refractivity contribution in [3.63, 3.8) is 0 Å². The fraction of sp³-hybridized carbons (Fsp3) is 0.733. The van der Waals surface area contributed by atoms with E-state index in [0.29, 0.717) is 12.0 Å². The largest absolute Gasteiger partial charge is 0.388 e. The number of hydrogen-bond acceptors (Lipinski definition) is 4.